The second kappa shape index (κ2) is 8.09. The van der Waals surface area contributed by atoms with Crippen LogP contribution < -0.4 is 10.6 Å². The first-order chi connectivity index (χ1) is 17.6. The Labute approximate surface area is 209 Å². The van der Waals surface area contributed by atoms with Gasteiger partial charge in [-0.2, -0.15) is 0 Å². The highest BCUT2D eigenvalue weighted by Crippen LogP contribution is 2.31. The van der Waals surface area contributed by atoms with E-state index in [0.29, 0.717) is 12.1 Å². The number of H-pyrrole nitrogens is 1. The number of aliphatic imine (C=N–C) groups is 2. The SMILES string of the molecule is CC1CN=C(c2ccc3c(-c4ccc(-c5cn6cc(C7=NCC(C)N7)ccc6n5)cc4)c[nH]c3c2)N1. The van der Waals surface area contributed by atoms with E-state index in [2.05, 4.69) is 111 Å². The first-order valence-electron chi connectivity index (χ1n) is 12.4. The molecule has 0 saturated heterocycles. The second-order valence-electron chi connectivity index (χ2n) is 9.82. The molecule has 0 saturated carbocycles. The van der Waals surface area contributed by atoms with Crippen molar-refractivity contribution in [3.63, 3.8) is 0 Å². The maximum absolute atomic E-state index is 4.84. The topological polar surface area (TPSA) is 81.9 Å². The van der Waals surface area contributed by atoms with Crippen molar-refractivity contribution in [3.8, 4) is 22.4 Å². The molecule has 0 radical (unpaired) electrons. The predicted molar refractivity (Wildman–Crippen MR) is 146 cm³/mol. The van der Waals surface area contributed by atoms with Gasteiger partial charge in [-0.3, -0.25) is 9.98 Å². The van der Waals surface area contributed by atoms with E-state index in [4.69, 9.17) is 4.98 Å². The zero-order valence-electron chi connectivity index (χ0n) is 20.3. The van der Waals surface area contributed by atoms with Gasteiger partial charge in [0.15, 0.2) is 0 Å². The van der Waals surface area contributed by atoms with Crippen molar-refractivity contribution in [2.45, 2.75) is 25.9 Å². The number of hydrogen-bond acceptors (Lipinski definition) is 5. The normalized spacial score (nSPS) is 19.4. The smallest absolute Gasteiger partial charge is 0.137 e. The summed E-state index contributed by atoms with van der Waals surface area (Å²) in [6.07, 6.45) is 6.27. The Kier molecular flexibility index (Phi) is 4.70. The van der Waals surface area contributed by atoms with Crippen LogP contribution in [-0.4, -0.2) is 51.2 Å². The number of aromatic nitrogens is 3. The number of rotatable bonds is 4. The van der Waals surface area contributed by atoms with Gasteiger partial charge < -0.3 is 20.0 Å². The van der Waals surface area contributed by atoms with E-state index >= 15 is 0 Å². The van der Waals surface area contributed by atoms with E-state index in [1.165, 1.54) is 16.5 Å². The Morgan fingerprint density at radius 3 is 2.14 bits per heavy atom. The molecule has 2 atom stereocenters. The molecule has 0 amide bonds. The third-order valence-corrected chi connectivity index (χ3v) is 6.98. The maximum Gasteiger partial charge on any atom is 0.137 e. The number of benzene rings is 2. The number of nitrogens with zero attached hydrogens (tertiary/aromatic N) is 4. The van der Waals surface area contributed by atoms with Crippen molar-refractivity contribution in [1.29, 1.82) is 0 Å². The van der Waals surface area contributed by atoms with Crippen molar-refractivity contribution in [2.24, 2.45) is 9.98 Å². The third-order valence-electron chi connectivity index (χ3n) is 6.98. The van der Waals surface area contributed by atoms with Crippen LogP contribution in [-0.2, 0) is 0 Å². The number of fused-ring (bicyclic) bond motifs is 2. The summed E-state index contributed by atoms with van der Waals surface area (Å²) in [7, 11) is 0. The van der Waals surface area contributed by atoms with Crippen LogP contribution in [0.5, 0.6) is 0 Å². The lowest BCUT2D eigenvalue weighted by molar-refractivity contribution is 0.726. The lowest BCUT2D eigenvalue weighted by atomic mass is 10.0. The first-order valence-corrected chi connectivity index (χ1v) is 12.4. The van der Waals surface area contributed by atoms with E-state index < -0.39 is 0 Å². The summed E-state index contributed by atoms with van der Waals surface area (Å²) in [6.45, 7) is 5.94. The molecule has 0 aliphatic carbocycles. The van der Waals surface area contributed by atoms with Gasteiger partial charge in [0, 0.05) is 63.8 Å². The lowest BCUT2D eigenvalue weighted by Gasteiger charge is -2.06. The van der Waals surface area contributed by atoms with Gasteiger partial charge in [0.25, 0.3) is 0 Å². The molecule has 7 heteroatoms. The quantitative estimate of drug-likeness (QED) is 0.356. The Balaban J connectivity index is 1.16. The molecular formula is C29H27N7. The van der Waals surface area contributed by atoms with Gasteiger partial charge in [-0.15, -0.1) is 0 Å². The number of aromatic amines is 1. The van der Waals surface area contributed by atoms with E-state index in [0.717, 1.165) is 58.3 Å². The molecule has 7 rings (SSSR count). The summed E-state index contributed by atoms with van der Waals surface area (Å²) in [5.74, 6) is 1.93. The fourth-order valence-electron chi connectivity index (χ4n) is 5.06. The van der Waals surface area contributed by atoms with Crippen LogP contribution in [0.3, 0.4) is 0 Å². The van der Waals surface area contributed by atoms with Gasteiger partial charge in [-0.25, -0.2) is 4.98 Å². The molecular weight excluding hydrogens is 446 g/mol. The van der Waals surface area contributed by atoms with Crippen LogP contribution in [0.1, 0.15) is 25.0 Å². The van der Waals surface area contributed by atoms with Crippen molar-refractivity contribution < 1.29 is 0 Å². The zero-order valence-corrected chi connectivity index (χ0v) is 20.3. The molecule has 36 heavy (non-hydrogen) atoms. The van der Waals surface area contributed by atoms with E-state index in [1.807, 2.05) is 6.07 Å². The number of hydrogen-bond donors (Lipinski definition) is 3. The lowest BCUT2D eigenvalue weighted by Crippen LogP contribution is -2.27. The highest BCUT2D eigenvalue weighted by molar-refractivity contribution is 6.05. The van der Waals surface area contributed by atoms with Crippen LogP contribution in [0.15, 0.2) is 83.2 Å². The highest BCUT2D eigenvalue weighted by atomic mass is 15.1. The Hall–Kier alpha value is -4.39. The van der Waals surface area contributed by atoms with Gasteiger partial charge in [0.1, 0.15) is 17.3 Å². The monoisotopic (exact) mass is 473 g/mol. The van der Waals surface area contributed by atoms with Crippen LogP contribution in [0, 0.1) is 0 Å². The molecule has 0 fully saturated rings. The standard InChI is InChI=1S/C29H27N7/c1-17-12-31-28(33-17)21-7-9-23-24(14-30-25(23)11-21)19-3-5-20(6-4-19)26-16-36-15-22(8-10-27(36)35-26)29-32-13-18(2)34-29/h3-11,14-18,30H,12-13H2,1-2H3,(H,31,33)(H,32,34). The average Bonchev–Trinajstić information content (AvgIpc) is 3.69. The molecule has 3 N–H and O–H groups in total. The zero-order chi connectivity index (χ0) is 24.2. The molecule has 5 heterocycles. The fourth-order valence-corrected chi connectivity index (χ4v) is 5.06. The highest BCUT2D eigenvalue weighted by Gasteiger charge is 2.17. The minimum Gasteiger partial charge on any atom is -0.366 e. The van der Waals surface area contributed by atoms with Crippen LogP contribution in [0.25, 0.3) is 38.9 Å². The molecule has 7 nitrogen and oxygen atoms in total. The molecule has 2 aliphatic rings. The van der Waals surface area contributed by atoms with E-state index in [-0.39, 0.29) is 0 Å². The van der Waals surface area contributed by atoms with Crippen molar-refractivity contribution in [2.75, 3.05) is 13.1 Å². The molecule has 2 unspecified atom stereocenters. The summed E-state index contributed by atoms with van der Waals surface area (Å²) < 4.78 is 2.08. The predicted octanol–water partition coefficient (Wildman–Crippen LogP) is 4.63. The summed E-state index contributed by atoms with van der Waals surface area (Å²) in [6, 6.07) is 20.1. The summed E-state index contributed by atoms with van der Waals surface area (Å²) in [4.78, 5) is 17.5. The first kappa shape index (κ1) is 20.9. The van der Waals surface area contributed by atoms with E-state index in [9.17, 15) is 0 Å². The minimum atomic E-state index is 0.384. The Bertz CT molecular complexity index is 1670. The number of nitrogens with one attached hydrogen (secondary N) is 3. The Morgan fingerprint density at radius 2 is 1.42 bits per heavy atom. The van der Waals surface area contributed by atoms with Crippen molar-refractivity contribution >= 4 is 28.2 Å². The molecule has 2 aliphatic heterocycles. The Morgan fingerprint density at radius 1 is 0.750 bits per heavy atom. The molecule has 178 valence electrons. The second-order valence-corrected chi connectivity index (χ2v) is 9.82. The summed E-state index contributed by atoms with van der Waals surface area (Å²) in [5.41, 5.74) is 8.65. The maximum atomic E-state index is 4.84. The number of imidazole rings is 1. The average molecular weight is 474 g/mol. The molecule has 2 aromatic carbocycles. The molecule has 3 aromatic heterocycles. The largest absolute Gasteiger partial charge is 0.366 e. The summed E-state index contributed by atoms with van der Waals surface area (Å²) in [5, 5.41) is 8.08. The van der Waals surface area contributed by atoms with Crippen molar-refractivity contribution in [1.82, 2.24) is 25.0 Å². The van der Waals surface area contributed by atoms with Gasteiger partial charge >= 0.3 is 0 Å². The molecule has 5 aromatic rings. The van der Waals surface area contributed by atoms with Crippen molar-refractivity contribution in [3.05, 3.63) is 84.3 Å². The van der Waals surface area contributed by atoms with Gasteiger partial charge in [0.05, 0.1) is 18.8 Å². The number of amidine groups is 2. The minimum absolute atomic E-state index is 0.384. The van der Waals surface area contributed by atoms with E-state index in [1.54, 1.807) is 0 Å². The molecule has 0 spiro atoms. The fraction of sp³-hybridized carbons (Fsp3) is 0.207. The van der Waals surface area contributed by atoms with Crippen LogP contribution >= 0.6 is 0 Å². The molecule has 0 bridgehead atoms. The van der Waals surface area contributed by atoms with Gasteiger partial charge in [-0.05, 0) is 37.6 Å². The van der Waals surface area contributed by atoms with Crippen LogP contribution in [0.4, 0.5) is 0 Å². The third kappa shape index (κ3) is 3.55. The van der Waals surface area contributed by atoms with Crippen LogP contribution in [0.2, 0.25) is 0 Å². The van der Waals surface area contributed by atoms with Gasteiger partial charge in [0.2, 0.25) is 0 Å². The summed E-state index contributed by atoms with van der Waals surface area (Å²) >= 11 is 0. The van der Waals surface area contributed by atoms with Gasteiger partial charge in [-0.1, -0.05) is 36.4 Å². The number of pyridine rings is 1.